The van der Waals surface area contributed by atoms with E-state index in [1.165, 1.54) is 42.6 Å². The normalized spacial score (nSPS) is 21.7. The van der Waals surface area contributed by atoms with E-state index in [1.807, 2.05) is 0 Å². The fourth-order valence-corrected chi connectivity index (χ4v) is 5.14. The van der Waals surface area contributed by atoms with Gasteiger partial charge < -0.3 is 9.64 Å². The zero-order valence-electron chi connectivity index (χ0n) is 17.5. The Morgan fingerprint density at radius 2 is 2.00 bits per heavy atom. The molecular weight excluding hydrogens is 352 g/mol. The van der Waals surface area contributed by atoms with Gasteiger partial charge in [-0.05, 0) is 25.7 Å². The van der Waals surface area contributed by atoms with Gasteiger partial charge in [0.2, 0.25) is 5.91 Å². The van der Waals surface area contributed by atoms with Crippen LogP contribution in [0.2, 0.25) is 0 Å². The first-order valence-corrected chi connectivity index (χ1v) is 11.4. The van der Waals surface area contributed by atoms with Gasteiger partial charge in [-0.15, -0.1) is 0 Å². The van der Waals surface area contributed by atoms with Crippen molar-refractivity contribution in [3.63, 3.8) is 0 Å². The van der Waals surface area contributed by atoms with Crippen LogP contribution in [0.25, 0.3) is 0 Å². The first kappa shape index (κ1) is 19.9. The molecule has 1 aromatic rings. The summed E-state index contributed by atoms with van der Waals surface area (Å²) in [5.41, 5.74) is 3.85. The van der Waals surface area contributed by atoms with Crippen molar-refractivity contribution < 1.29 is 9.53 Å². The number of amides is 1. The summed E-state index contributed by atoms with van der Waals surface area (Å²) >= 11 is 0. The molecule has 2 fully saturated rings. The maximum absolute atomic E-state index is 12.7. The Bertz CT molecular complexity index is 666. The topological polar surface area (TPSA) is 50.6 Å². The van der Waals surface area contributed by atoms with Crippen molar-refractivity contribution in [2.45, 2.75) is 78.0 Å². The third kappa shape index (κ3) is 4.60. The number of carbonyl (C=O) groups excluding carboxylic acids is 1. The predicted octanol–water partition coefficient (Wildman–Crippen LogP) is 2.98. The van der Waals surface area contributed by atoms with E-state index >= 15 is 0 Å². The largest absolute Gasteiger partial charge is 0.376 e. The second-order valence-corrected chi connectivity index (χ2v) is 8.69. The van der Waals surface area contributed by atoms with Crippen LogP contribution in [0.15, 0.2) is 0 Å². The minimum absolute atomic E-state index is 0.370. The van der Waals surface area contributed by atoms with Crippen molar-refractivity contribution in [1.82, 2.24) is 19.6 Å². The van der Waals surface area contributed by atoms with E-state index in [0.717, 1.165) is 77.5 Å². The number of hydrogen-bond acceptors (Lipinski definition) is 4. The van der Waals surface area contributed by atoms with Crippen LogP contribution in [0.5, 0.6) is 0 Å². The van der Waals surface area contributed by atoms with Crippen molar-refractivity contribution in [3.8, 4) is 0 Å². The van der Waals surface area contributed by atoms with Gasteiger partial charge in [0.25, 0.3) is 0 Å². The molecule has 0 radical (unpaired) electrons. The van der Waals surface area contributed by atoms with Gasteiger partial charge in [-0.25, -0.2) is 0 Å². The van der Waals surface area contributed by atoms with E-state index in [2.05, 4.69) is 21.4 Å². The summed E-state index contributed by atoms with van der Waals surface area (Å²) in [5.74, 6) is 1.17. The molecular formula is C22H36N4O2. The summed E-state index contributed by atoms with van der Waals surface area (Å²) in [6.45, 7) is 9.22. The average molecular weight is 389 g/mol. The van der Waals surface area contributed by atoms with Crippen LogP contribution in [-0.4, -0.2) is 58.3 Å². The number of fused-ring (bicyclic) bond motifs is 1. The number of rotatable bonds is 6. The van der Waals surface area contributed by atoms with Gasteiger partial charge in [0.1, 0.15) is 0 Å². The molecule has 2 aliphatic heterocycles. The van der Waals surface area contributed by atoms with E-state index in [0.29, 0.717) is 12.5 Å². The van der Waals surface area contributed by atoms with Gasteiger partial charge in [-0.2, -0.15) is 5.10 Å². The van der Waals surface area contributed by atoms with Crippen molar-refractivity contribution in [2.24, 2.45) is 5.92 Å². The molecule has 1 saturated heterocycles. The molecule has 0 atom stereocenters. The number of nitrogens with zero attached hydrogens (tertiary/aromatic N) is 4. The van der Waals surface area contributed by atoms with Gasteiger partial charge in [-0.1, -0.05) is 25.7 Å². The molecule has 0 N–H and O–H groups in total. The monoisotopic (exact) mass is 388 g/mol. The molecule has 0 bridgehead atoms. The highest BCUT2D eigenvalue weighted by Gasteiger charge is 2.25. The lowest BCUT2D eigenvalue weighted by Crippen LogP contribution is -2.35. The standard InChI is InChI=1S/C22H36N4O2/c1-2-26-21-10-15-28-17-19(21)20(23-26)16-24-11-5-12-25(14-13-24)22(27)9-8-18-6-3-4-7-18/h18H,2-17H2,1H3. The molecule has 4 rings (SSSR count). The second-order valence-electron chi connectivity index (χ2n) is 8.69. The summed E-state index contributed by atoms with van der Waals surface area (Å²) in [4.78, 5) is 17.3. The third-order valence-corrected chi connectivity index (χ3v) is 6.83. The summed E-state index contributed by atoms with van der Waals surface area (Å²) in [6, 6.07) is 0. The molecule has 156 valence electrons. The molecule has 1 saturated carbocycles. The highest BCUT2D eigenvalue weighted by Crippen LogP contribution is 2.29. The lowest BCUT2D eigenvalue weighted by Gasteiger charge is -2.22. The Morgan fingerprint density at radius 1 is 1.14 bits per heavy atom. The zero-order chi connectivity index (χ0) is 19.3. The molecule has 1 aliphatic carbocycles. The van der Waals surface area contributed by atoms with Crippen molar-refractivity contribution in [1.29, 1.82) is 0 Å². The van der Waals surface area contributed by atoms with Gasteiger partial charge in [0.15, 0.2) is 0 Å². The van der Waals surface area contributed by atoms with E-state index in [9.17, 15) is 4.79 Å². The Balaban J connectivity index is 1.30. The van der Waals surface area contributed by atoms with Crippen LogP contribution in [0.1, 0.15) is 68.8 Å². The lowest BCUT2D eigenvalue weighted by atomic mass is 10.0. The van der Waals surface area contributed by atoms with Gasteiger partial charge >= 0.3 is 0 Å². The maximum atomic E-state index is 12.7. The van der Waals surface area contributed by atoms with Crippen LogP contribution in [0, 0.1) is 5.92 Å². The molecule has 3 heterocycles. The van der Waals surface area contributed by atoms with E-state index in [-0.39, 0.29) is 0 Å². The first-order valence-electron chi connectivity index (χ1n) is 11.4. The molecule has 0 spiro atoms. The molecule has 28 heavy (non-hydrogen) atoms. The number of ether oxygens (including phenoxy) is 1. The van der Waals surface area contributed by atoms with Crippen LogP contribution in [0.3, 0.4) is 0 Å². The average Bonchev–Trinajstić information content (AvgIpc) is 3.29. The number of carbonyl (C=O) groups is 1. The van der Waals surface area contributed by atoms with Crippen LogP contribution >= 0.6 is 0 Å². The predicted molar refractivity (Wildman–Crippen MR) is 109 cm³/mol. The number of hydrogen-bond donors (Lipinski definition) is 0. The Labute approximate surface area is 169 Å². The van der Waals surface area contributed by atoms with Gasteiger partial charge in [-0.3, -0.25) is 14.4 Å². The first-order chi connectivity index (χ1) is 13.7. The van der Waals surface area contributed by atoms with Crippen molar-refractivity contribution >= 4 is 5.91 Å². The summed E-state index contributed by atoms with van der Waals surface area (Å²) in [7, 11) is 0. The number of aryl methyl sites for hydroxylation is 1. The lowest BCUT2D eigenvalue weighted by molar-refractivity contribution is -0.131. The summed E-state index contributed by atoms with van der Waals surface area (Å²) in [5, 5.41) is 4.88. The van der Waals surface area contributed by atoms with Gasteiger partial charge in [0, 0.05) is 63.4 Å². The van der Waals surface area contributed by atoms with Crippen molar-refractivity contribution in [3.05, 3.63) is 17.0 Å². The Hall–Kier alpha value is -1.40. The minimum atomic E-state index is 0.370. The fourth-order valence-electron chi connectivity index (χ4n) is 5.14. The molecule has 3 aliphatic rings. The second kappa shape index (κ2) is 9.40. The van der Waals surface area contributed by atoms with Crippen molar-refractivity contribution in [2.75, 3.05) is 32.8 Å². The molecule has 6 heteroatoms. The third-order valence-electron chi connectivity index (χ3n) is 6.83. The smallest absolute Gasteiger partial charge is 0.222 e. The minimum Gasteiger partial charge on any atom is -0.376 e. The zero-order valence-corrected chi connectivity index (χ0v) is 17.5. The Kier molecular flexibility index (Phi) is 6.68. The summed E-state index contributed by atoms with van der Waals surface area (Å²) < 4.78 is 7.86. The highest BCUT2D eigenvalue weighted by atomic mass is 16.5. The molecule has 6 nitrogen and oxygen atoms in total. The van der Waals surface area contributed by atoms with Gasteiger partial charge in [0.05, 0.1) is 18.9 Å². The van der Waals surface area contributed by atoms with Crippen LogP contribution in [0.4, 0.5) is 0 Å². The van der Waals surface area contributed by atoms with E-state index < -0.39 is 0 Å². The van der Waals surface area contributed by atoms with Crippen LogP contribution < -0.4 is 0 Å². The summed E-state index contributed by atoms with van der Waals surface area (Å²) in [6.07, 6.45) is 9.26. The van der Waals surface area contributed by atoms with Crippen LogP contribution in [-0.2, 0) is 35.6 Å². The molecule has 0 unspecified atom stereocenters. The van der Waals surface area contributed by atoms with E-state index in [1.54, 1.807) is 0 Å². The highest BCUT2D eigenvalue weighted by molar-refractivity contribution is 5.76. The quantitative estimate of drug-likeness (QED) is 0.752. The SMILES string of the molecule is CCn1nc(CN2CCCN(C(=O)CCC3CCCC3)CC2)c2c1CCOC2. The maximum Gasteiger partial charge on any atom is 0.222 e. The fraction of sp³-hybridized carbons (Fsp3) is 0.818. The molecule has 1 amide bonds. The molecule has 1 aromatic heterocycles. The van der Waals surface area contributed by atoms with E-state index in [4.69, 9.17) is 9.84 Å². The molecule has 0 aromatic carbocycles. The number of aromatic nitrogens is 2. The Morgan fingerprint density at radius 3 is 2.82 bits per heavy atom.